The number of benzene rings is 3. The molecule has 8 heteroatoms. The lowest BCUT2D eigenvalue weighted by Gasteiger charge is -2.31. The molecule has 3 aromatic carbocycles. The lowest BCUT2D eigenvalue weighted by Crippen LogP contribution is -2.36. The molecule has 0 spiro atoms. The SMILES string of the molecule is O=[N+]([O-])c1cc(S(=O)(=O)N2CCc3ccccc3C2)ccc1N1CCc2ccccc2C1. The van der Waals surface area contributed by atoms with Gasteiger partial charge in [0.05, 0.1) is 9.82 Å². The van der Waals surface area contributed by atoms with Crippen molar-refractivity contribution in [3.8, 4) is 0 Å². The molecule has 0 saturated heterocycles. The Morgan fingerprint density at radius 2 is 1.38 bits per heavy atom. The normalized spacial score (nSPS) is 16.3. The van der Waals surface area contributed by atoms with Crippen LogP contribution in [-0.2, 0) is 36.0 Å². The number of hydrogen-bond acceptors (Lipinski definition) is 5. The third-order valence-electron chi connectivity index (χ3n) is 6.35. The number of hydrogen-bond donors (Lipinski definition) is 0. The molecule has 164 valence electrons. The summed E-state index contributed by atoms with van der Waals surface area (Å²) in [5.41, 5.74) is 4.77. The highest BCUT2D eigenvalue weighted by Crippen LogP contribution is 2.35. The highest BCUT2D eigenvalue weighted by molar-refractivity contribution is 7.89. The molecule has 32 heavy (non-hydrogen) atoms. The average Bonchev–Trinajstić information content (AvgIpc) is 2.83. The van der Waals surface area contributed by atoms with Crippen LogP contribution < -0.4 is 4.90 Å². The van der Waals surface area contributed by atoms with Gasteiger partial charge in [-0.2, -0.15) is 4.31 Å². The molecule has 0 amide bonds. The molecule has 5 rings (SSSR count). The summed E-state index contributed by atoms with van der Waals surface area (Å²) >= 11 is 0. The summed E-state index contributed by atoms with van der Waals surface area (Å²) in [5, 5.41) is 11.9. The molecule has 0 N–H and O–H groups in total. The van der Waals surface area contributed by atoms with E-state index in [0.29, 0.717) is 31.7 Å². The second-order valence-electron chi connectivity index (χ2n) is 8.21. The first-order valence-electron chi connectivity index (χ1n) is 10.6. The van der Waals surface area contributed by atoms with Gasteiger partial charge in [0.2, 0.25) is 10.0 Å². The Balaban J connectivity index is 1.46. The predicted molar refractivity (Wildman–Crippen MR) is 122 cm³/mol. The van der Waals surface area contributed by atoms with Crippen molar-refractivity contribution in [3.05, 3.63) is 99.1 Å². The van der Waals surface area contributed by atoms with Crippen molar-refractivity contribution in [2.75, 3.05) is 18.0 Å². The van der Waals surface area contributed by atoms with Crippen LogP contribution in [0, 0.1) is 10.1 Å². The Bertz CT molecular complexity index is 1310. The number of nitrogens with zero attached hydrogens (tertiary/aromatic N) is 3. The van der Waals surface area contributed by atoms with E-state index in [1.54, 1.807) is 6.07 Å². The molecule has 0 unspecified atom stereocenters. The zero-order valence-corrected chi connectivity index (χ0v) is 18.3. The lowest BCUT2D eigenvalue weighted by molar-refractivity contribution is -0.384. The standard InChI is InChI=1S/C24H23N3O4S/c28-27(29)24-15-22(32(30,31)26-14-12-19-6-2-4-8-21(19)17-26)9-10-23(24)25-13-11-18-5-1-3-7-20(18)16-25/h1-10,15H,11-14,16-17H2. The third-order valence-corrected chi connectivity index (χ3v) is 8.19. The molecule has 0 aromatic heterocycles. The van der Waals surface area contributed by atoms with Gasteiger partial charge in [-0.25, -0.2) is 8.42 Å². The molecule has 0 aliphatic carbocycles. The molecule has 0 bridgehead atoms. The third kappa shape index (κ3) is 3.65. The molecule has 2 aliphatic heterocycles. The minimum absolute atomic E-state index is 0.0373. The Morgan fingerprint density at radius 3 is 2.03 bits per heavy atom. The first kappa shape index (κ1) is 20.7. The minimum atomic E-state index is -3.85. The quantitative estimate of drug-likeness (QED) is 0.446. The Labute approximate surface area is 187 Å². The van der Waals surface area contributed by atoms with Crippen LogP contribution >= 0.6 is 0 Å². The van der Waals surface area contributed by atoms with Gasteiger partial charge < -0.3 is 4.90 Å². The highest BCUT2D eigenvalue weighted by Gasteiger charge is 2.31. The fourth-order valence-corrected chi connectivity index (χ4v) is 6.04. The molecule has 0 radical (unpaired) electrons. The maximum absolute atomic E-state index is 13.3. The average molecular weight is 450 g/mol. The number of sulfonamides is 1. The maximum atomic E-state index is 13.3. The molecular formula is C24H23N3O4S. The van der Waals surface area contributed by atoms with Gasteiger partial charge in [-0.15, -0.1) is 0 Å². The first-order valence-corrected chi connectivity index (χ1v) is 12.0. The lowest BCUT2D eigenvalue weighted by atomic mass is 9.99. The zero-order chi connectivity index (χ0) is 22.3. The van der Waals surface area contributed by atoms with Gasteiger partial charge in [0.25, 0.3) is 5.69 Å². The van der Waals surface area contributed by atoms with Crippen LogP contribution in [0.5, 0.6) is 0 Å². The largest absolute Gasteiger partial charge is 0.361 e. The molecule has 0 saturated carbocycles. The molecule has 3 aromatic rings. The van der Waals surface area contributed by atoms with Gasteiger partial charge in [0.15, 0.2) is 0 Å². The fraction of sp³-hybridized carbons (Fsp3) is 0.250. The monoisotopic (exact) mass is 449 g/mol. The van der Waals surface area contributed by atoms with E-state index in [1.807, 2.05) is 47.4 Å². The van der Waals surface area contributed by atoms with Gasteiger partial charge in [0, 0.05) is 32.2 Å². The Morgan fingerprint density at radius 1 is 0.781 bits per heavy atom. The van der Waals surface area contributed by atoms with Crippen molar-refractivity contribution in [2.45, 2.75) is 30.8 Å². The molecule has 7 nitrogen and oxygen atoms in total. The van der Waals surface area contributed by atoms with Gasteiger partial charge in [-0.3, -0.25) is 10.1 Å². The predicted octanol–water partition coefficient (Wildman–Crippen LogP) is 3.90. The van der Waals surface area contributed by atoms with E-state index >= 15 is 0 Å². The number of fused-ring (bicyclic) bond motifs is 2. The first-order chi connectivity index (χ1) is 15.4. The van der Waals surface area contributed by atoms with E-state index in [2.05, 4.69) is 6.07 Å². The fourth-order valence-electron chi connectivity index (χ4n) is 4.60. The van der Waals surface area contributed by atoms with E-state index in [-0.39, 0.29) is 17.1 Å². The molecular weight excluding hydrogens is 426 g/mol. The summed E-state index contributed by atoms with van der Waals surface area (Å²) in [5.74, 6) is 0. The van der Waals surface area contributed by atoms with E-state index in [9.17, 15) is 18.5 Å². The topological polar surface area (TPSA) is 83.8 Å². The number of nitro groups is 1. The van der Waals surface area contributed by atoms with E-state index < -0.39 is 14.9 Å². The van der Waals surface area contributed by atoms with E-state index in [4.69, 9.17) is 0 Å². The van der Waals surface area contributed by atoms with Crippen LogP contribution in [0.2, 0.25) is 0 Å². The van der Waals surface area contributed by atoms with Crippen molar-refractivity contribution in [1.82, 2.24) is 4.31 Å². The summed E-state index contributed by atoms with van der Waals surface area (Å²) in [6.07, 6.45) is 1.42. The smallest absolute Gasteiger partial charge is 0.293 e. The van der Waals surface area contributed by atoms with Crippen molar-refractivity contribution in [1.29, 1.82) is 0 Å². The Hall–Kier alpha value is -3.23. The van der Waals surface area contributed by atoms with Crippen molar-refractivity contribution >= 4 is 21.4 Å². The summed E-state index contributed by atoms with van der Waals surface area (Å²) in [6, 6.07) is 20.1. The number of rotatable bonds is 4. The van der Waals surface area contributed by atoms with Crippen LogP contribution in [0.1, 0.15) is 22.3 Å². The minimum Gasteiger partial charge on any atom is -0.361 e. The van der Waals surface area contributed by atoms with Crippen LogP contribution in [-0.4, -0.2) is 30.7 Å². The summed E-state index contributed by atoms with van der Waals surface area (Å²) < 4.78 is 28.0. The molecule has 2 heterocycles. The van der Waals surface area contributed by atoms with Crippen LogP contribution in [0.15, 0.2) is 71.6 Å². The van der Waals surface area contributed by atoms with E-state index in [0.717, 1.165) is 23.1 Å². The summed E-state index contributed by atoms with van der Waals surface area (Å²) in [7, 11) is -3.85. The van der Waals surface area contributed by atoms with Gasteiger partial charge in [0.1, 0.15) is 5.69 Å². The van der Waals surface area contributed by atoms with Crippen LogP contribution in [0.25, 0.3) is 0 Å². The number of nitro benzene ring substituents is 1. The summed E-state index contributed by atoms with van der Waals surface area (Å²) in [6.45, 7) is 1.84. The van der Waals surface area contributed by atoms with Gasteiger partial charge >= 0.3 is 0 Å². The molecule has 0 fully saturated rings. The van der Waals surface area contributed by atoms with Crippen molar-refractivity contribution in [3.63, 3.8) is 0 Å². The molecule has 2 aliphatic rings. The second kappa shape index (κ2) is 8.03. The van der Waals surface area contributed by atoms with Crippen LogP contribution in [0.3, 0.4) is 0 Å². The second-order valence-corrected chi connectivity index (χ2v) is 10.1. The zero-order valence-electron chi connectivity index (χ0n) is 17.5. The van der Waals surface area contributed by atoms with Crippen molar-refractivity contribution in [2.24, 2.45) is 0 Å². The van der Waals surface area contributed by atoms with Gasteiger partial charge in [-0.1, -0.05) is 48.5 Å². The Kier molecular flexibility index (Phi) is 5.19. The number of anilines is 1. The van der Waals surface area contributed by atoms with E-state index in [1.165, 1.54) is 22.0 Å². The van der Waals surface area contributed by atoms with Crippen LogP contribution in [0.4, 0.5) is 11.4 Å². The highest BCUT2D eigenvalue weighted by atomic mass is 32.2. The van der Waals surface area contributed by atoms with Crippen molar-refractivity contribution < 1.29 is 13.3 Å². The molecule has 0 atom stereocenters. The summed E-state index contributed by atoms with van der Waals surface area (Å²) in [4.78, 5) is 13.3. The van der Waals surface area contributed by atoms with Gasteiger partial charge in [-0.05, 0) is 47.2 Å². The maximum Gasteiger partial charge on any atom is 0.293 e.